The lowest BCUT2D eigenvalue weighted by molar-refractivity contribution is -0.132. The van der Waals surface area contributed by atoms with Gasteiger partial charge >= 0.3 is 5.97 Å². The van der Waals surface area contributed by atoms with Gasteiger partial charge in [0.1, 0.15) is 5.76 Å². The molecule has 0 aliphatic carbocycles. The number of Topliss-reactive ketones (excluding diaryl/α,β-unsaturated/α-hetero) is 1. The molecule has 2 heterocycles. The second kappa shape index (κ2) is 9.19. The minimum atomic E-state index is -0.891. The van der Waals surface area contributed by atoms with E-state index in [9.17, 15) is 19.5 Å². The molecule has 1 fully saturated rings. The molecule has 1 amide bonds. The van der Waals surface area contributed by atoms with Gasteiger partial charge in [0, 0.05) is 28.4 Å². The first-order valence-electron chi connectivity index (χ1n) is 11.6. The average Bonchev–Trinajstić information content (AvgIpc) is 3.47. The van der Waals surface area contributed by atoms with E-state index >= 15 is 0 Å². The number of nitrogens with zero attached hydrogens (tertiary/aromatic N) is 1. The Morgan fingerprint density at radius 1 is 1.03 bits per heavy atom. The van der Waals surface area contributed by atoms with Crippen LogP contribution in [0.4, 0.5) is 5.69 Å². The van der Waals surface area contributed by atoms with Crippen molar-refractivity contribution >= 4 is 40.0 Å². The van der Waals surface area contributed by atoms with Crippen molar-refractivity contribution in [3.63, 3.8) is 0 Å². The van der Waals surface area contributed by atoms with E-state index in [1.54, 1.807) is 24.4 Å². The number of ether oxygens (including phenoxy) is 1. The van der Waals surface area contributed by atoms with Crippen molar-refractivity contribution in [1.82, 2.24) is 4.98 Å². The van der Waals surface area contributed by atoms with Crippen LogP contribution in [0, 0.1) is 0 Å². The summed E-state index contributed by atoms with van der Waals surface area (Å²) in [5.41, 5.74) is 3.56. The number of nitrogens with one attached hydrogen (secondary N) is 1. The molecule has 1 aliphatic heterocycles. The van der Waals surface area contributed by atoms with E-state index in [1.807, 2.05) is 55.5 Å². The molecule has 0 saturated carbocycles. The highest BCUT2D eigenvalue weighted by atomic mass is 16.5. The highest BCUT2D eigenvalue weighted by Gasteiger charge is 2.47. The molecule has 1 unspecified atom stereocenters. The summed E-state index contributed by atoms with van der Waals surface area (Å²) in [5, 5.41) is 12.2. The molecule has 0 radical (unpaired) electrons. The van der Waals surface area contributed by atoms with Gasteiger partial charge in [0.05, 0.1) is 24.3 Å². The number of aromatic nitrogens is 1. The van der Waals surface area contributed by atoms with Crippen LogP contribution in [-0.4, -0.2) is 34.9 Å². The highest BCUT2D eigenvalue weighted by molar-refractivity contribution is 6.51. The smallest absolute Gasteiger partial charge is 0.337 e. The number of ketones is 1. The van der Waals surface area contributed by atoms with Crippen molar-refractivity contribution < 1.29 is 24.2 Å². The Labute approximate surface area is 207 Å². The summed E-state index contributed by atoms with van der Waals surface area (Å²) in [4.78, 5) is 43.4. The number of aliphatic hydroxyl groups is 1. The largest absolute Gasteiger partial charge is 0.507 e. The number of amides is 1. The number of aliphatic hydroxyl groups excluding tert-OH is 1. The van der Waals surface area contributed by atoms with Gasteiger partial charge < -0.3 is 14.8 Å². The van der Waals surface area contributed by atoms with Crippen LogP contribution in [-0.2, 0) is 20.7 Å². The van der Waals surface area contributed by atoms with E-state index in [4.69, 9.17) is 4.74 Å². The molecule has 7 heteroatoms. The fourth-order valence-electron chi connectivity index (χ4n) is 4.66. The molecule has 180 valence electrons. The van der Waals surface area contributed by atoms with Crippen molar-refractivity contribution in [2.45, 2.75) is 19.4 Å². The first-order chi connectivity index (χ1) is 17.4. The summed E-state index contributed by atoms with van der Waals surface area (Å²) in [6, 6.07) is 20.5. The number of carbonyl (C=O) groups is 3. The first-order valence-corrected chi connectivity index (χ1v) is 11.6. The van der Waals surface area contributed by atoms with Crippen molar-refractivity contribution in [1.29, 1.82) is 0 Å². The van der Waals surface area contributed by atoms with E-state index in [-0.39, 0.29) is 16.9 Å². The summed E-state index contributed by atoms with van der Waals surface area (Å²) in [6.07, 6.45) is 2.46. The molecule has 4 aromatic rings. The minimum absolute atomic E-state index is 0.0162. The molecule has 1 aromatic heterocycles. The molecule has 1 saturated heterocycles. The van der Waals surface area contributed by atoms with Crippen molar-refractivity contribution in [3.8, 4) is 0 Å². The summed E-state index contributed by atoms with van der Waals surface area (Å²) >= 11 is 0. The molecule has 5 rings (SSSR count). The fourth-order valence-corrected chi connectivity index (χ4v) is 4.66. The molecule has 36 heavy (non-hydrogen) atoms. The Bertz CT molecular complexity index is 1530. The van der Waals surface area contributed by atoms with Gasteiger partial charge in [-0.25, -0.2) is 4.79 Å². The number of rotatable bonds is 5. The SMILES string of the molecule is CCc1ccc(C2/C(=C(/O)c3c[nH]c4ccccc34)C(=O)C(=O)N2c2cccc(C(=O)OC)c2)cc1. The summed E-state index contributed by atoms with van der Waals surface area (Å²) in [7, 11) is 1.28. The molecule has 1 aliphatic rings. The van der Waals surface area contributed by atoms with Crippen LogP contribution in [0.5, 0.6) is 0 Å². The quantitative estimate of drug-likeness (QED) is 0.178. The number of esters is 1. The Balaban J connectivity index is 1.73. The second-order valence-electron chi connectivity index (χ2n) is 8.55. The molecular weight excluding hydrogens is 456 g/mol. The monoisotopic (exact) mass is 480 g/mol. The number of carbonyl (C=O) groups excluding carboxylic acids is 3. The molecule has 1 atom stereocenters. The number of aromatic amines is 1. The highest BCUT2D eigenvalue weighted by Crippen LogP contribution is 2.43. The van der Waals surface area contributed by atoms with Crippen LogP contribution in [0.25, 0.3) is 16.7 Å². The molecule has 2 N–H and O–H groups in total. The van der Waals surface area contributed by atoms with Gasteiger partial charge in [-0.05, 0) is 41.8 Å². The van der Waals surface area contributed by atoms with Crippen molar-refractivity contribution in [2.75, 3.05) is 12.0 Å². The van der Waals surface area contributed by atoms with Gasteiger partial charge in [0.25, 0.3) is 11.7 Å². The zero-order chi connectivity index (χ0) is 25.4. The predicted molar refractivity (Wildman–Crippen MR) is 137 cm³/mol. The van der Waals surface area contributed by atoms with E-state index in [1.165, 1.54) is 18.1 Å². The number of fused-ring (bicyclic) bond motifs is 1. The van der Waals surface area contributed by atoms with Gasteiger partial charge in [-0.15, -0.1) is 0 Å². The van der Waals surface area contributed by atoms with Gasteiger partial charge in [-0.3, -0.25) is 14.5 Å². The number of benzene rings is 3. The number of methoxy groups -OCH3 is 1. The first kappa shape index (κ1) is 23.1. The number of H-pyrrole nitrogens is 1. The summed E-state index contributed by atoms with van der Waals surface area (Å²) in [6.45, 7) is 2.04. The minimum Gasteiger partial charge on any atom is -0.507 e. The van der Waals surface area contributed by atoms with E-state index in [2.05, 4.69) is 4.98 Å². The zero-order valence-corrected chi connectivity index (χ0v) is 19.8. The Hall–Kier alpha value is -4.65. The summed E-state index contributed by atoms with van der Waals surface area (Å²) < 4.78 is 4.83. The number of aryl methyl sites for hydroxylation is 1. The van der Waals surface area contributed by atoms with Gasteiger partial charge in [-0.2, -0.15) is 0 Å². The topological polar surface area (TPSA) is 99.7 Å². The maximum absolute atomic E-state index is 13.4. The Kier molecular flexibility index (Phi) is 5.90. The van der Waals surface area contributed by atoms with Gasteiger partial charge in [-0.1, -0.05) is 55.5 Å². The number of hydrogen-bond acceptors (Lipinski definition) is 5. The lowest BCUT2D eigenvalue weighted by atomic mass is 9.94. The van der Waals surface area contributed by atoms with E-state index in [0.717, 1.165) is 22.9 Å². The van der Waals surface area contributed by atoms with Crippen LogP contribution in [0.1, 0.15) is 40.0 Å². The average molecular weight is 481 g/mol. The van der Waals surface area contributed by atoms with E-state index in [0.29, 0.717) is 16.8 Å². The lowest BCUT2D eigenvalue weighted by Crippen LogP contribution is -2.29. The third-order valence-electron chi connectivity index (χ3n) is 6.54. The maximum Gasteiger partial charge on any atom is 0.337 e. The second-order valence-corrected chi connectivity index (χ2v) is 8.55. The van der Waals surface area contributed by atoms with Crippen LogP contribution < -0.4 is 4.90 Å². The normalized spacial score (nSPS) is 17.1. The predicted octanol–water partition coefficient (Wildman–Crippen LogP) is 5.14. The standard InChI is InChI=1S/C29H24N2O5/c1-3-17-11-13-18(14-12-17)25-24(26(32)22-16-30-23-10-5-4-9-21(22)23)27(33)28(34)31(25)20-8-6-7-19(15-20)29(35)36-2/h4-16,25,30,32H,3H2,1-2H3/b26-24-. The third-order valence-corrected chi connectivity index (χ3v) is 6.54. The lowest BCUT2D eigenvalue weighted by Gasteiger charge is -2.26. The van der Waals surface area contributed by atoms with Gasteiger partial charge in [0.15, 0.2) is 0 Å². The molecular formula is C29H24N2O5. The van der Waals surface area contributed by atoms with Crippen molar-refractivity contribution in [2.24, 2.45) is 0 Å². The van der Waals surface area contributed by atoms with Crippen LogP contribution in [0.3, 0.4) is 0 Å². The van der Waals surface area contributed by atoms with Crippen LogP contribution in [0.15, 0.2) is 84.6 Å². The number of anilines is 1. The van der Waals surface area contributed by atoms with Crippen LogP contribution in [0.2, 0.25) is 0 Å². The molecule has 0 spiro atoms. The number of hydrogen-bond donors (Lipinski definition) is 2. The Morgan fingerprint density at radius 2 is 1.78 bits per heavy atom. The van der Waals surface area contributed by atoms with Crippen LogP contribution >= 0.6 is 0 Å². The van der Waals surface area contributed by atoms with Crippen molar-refractivity contribution in [3.05, 3.63) is 107 Å². The maximum atomic E-state index is 13.4. The number of para-hydroxylation sites is 1. The fraction of sp³-hybridized carbons (Fsp3) is 0.138. The van der Waals surface area contributed by atoms with Gasteiger partial charge in [0.2, 0.25) is 0 Å². The third kappa shape index (κ3) is 3.75. The van der Waals surface area contributed by atoms with E-state index < -0.39 is 23.7 Å². The molecule has 7 nitrogen and oxygen atoms in total. The molecule has 0 bridgehead atoms. The zero-order valence-electron chi connectivity index (χ0n) is 19.8. The molecule has 3 aromatic carbocycles. The Morgan fingerprint density at radius 3 is 2.50 bits per heavy atom. The summed E-state index contributed by atoms with van der Waals surface area (Å²) in [5.74, 6) is -2.41.